The summed E-state index contributed by atoms with van der Waals surface area (Å²) >= 11 is 2.16. The second kappa shape index (κ2) is 6.33. The van der Waals surface area contributed by atoms with Gasteiger partial charge in [0.05, 0.1) is 11.2 Å². The predicted octanol–water partition coefficient (Wildman–Crippen LogP) is 4.27. The maximum Gasteiger partial charge on any atom is 0.0761 e. The van der Waals surface area contributed by atoms with E-state index in [0.29, 0.717) is 5.69 Å². The van der Waals surface area contributed by atoms with Crippen LogP contribution in [0.2, 0.25) is 0 Å². The minimum absolute atomic E-state index is 0.688. The Morgan fingerprint density at radius 2 is 1.95 bits per heavy atom. The van der Waals surface area contributed by atoms with Gasteiger partial charge < -0.3 is 5.73 Å². The third-order valence-electron chi connectivity index (χ3n) is 3.06. The van der Waals surface area contributed by atoms with E-state index in [2.05, 4.69) is 42.3 Å². The van der Waals surface area contributed by atoms with Crippen LogP contribution in [-0.4, -0.2) is 9.97 Å². The summed E-state index contributed by atoms with van der Waals surface area (Å²) < 4.78 is 0. The molecular formula is C16H10IN3S. The molecule has 3 aromatic rings. The van der Waals surface area contributed by atoms with Crippen molar-refractivity contribution in [3.63, 3.8) is 0 Å². The van der Waals surface area contributed by atoms with Gasteiger partial charge in [-0.1, -0.05) is 18.1 Å². The molecule has 0 amide bonds. The Hall–Kier alpha value is -1.78. The van der Waals surface area contributed by atoms with Crippen molar-refractivity contribution in [3.05, 3.63) is 54.4 Å². The average Bonchev–Trinajstić information content (AvgIpc) is 2.53. The fourth-order valence-corrected chi connectivity index (χ4v) is 2.53. The number of nitrogens with two attached hydrogens (primary N) is 1. The van der Waals surface area contributed by atoms with E-state index in [1.807, 2.05) is 36.4 Å². The fraction of sp³-hybridized carbons (Fsp3) is 0. The third-order valence-corrected chi connectivity index (χ3v) is 3.90. The van der Waals surface area contributed by atoms with Crippen LogP contribution in [0, 0.1) is 11.2 Å². The number of fused-ring (bicyclic) bond motifs is 1. The zero-order chi connectivity index (χ0) is 14.7. The molecule has 0 spiro atoms. The largest absolute Gasteiger partial charge is 0.398 e. The molecule has 0 aliphatic rings. The van der Waals surface area contributed by atoms with Crippen LogP contribution in [0.25, 0.3) is 22.2 Å². The van der Waals surface area contributed by atoms with Gasteiger partial charge in [-0.15, -0.1) is 0 Å². The van der Waals surface area contributed by atoms with Crippen LogP contribution in [0.4, 0.5) is 5.69 Å². The van der Waals surface area contributed by atoms with Crippen LogP contribution < -0.4 is 5.73 Å². The number of benzene rings is 1. The monoisotopic (exact) mass is 403 g/mol. The summed E-state index contributed by atoms with van der Waals surface area (Å²) in [5, 5.41) is 3.85. The van der Waals surface area contributed by atoms with Crippen LogP contribution in [0.15, 0.2) is 48.8 Å². The van der Waals surface area contributed by atoms with Gasteiger partial charge >= 0.3 is 0 Å². The molecule has 102 valence electrons. The van der Waals surface area contributed by atoms with Gasteiger partial charge in [-0.25, -0.2) is 4.98 Å². The van der Waals surface area contributed by atoms with E-state index in [9.17, 15) is 0 Å². The molecule has 0 bridgehead atoms. The number of aromatic nitrogens is 2. The van der Waals surface area contributed by atoms with Crippen molar-refractivity contribution >= 4 is 46.7 Å². The first-order chi connectivity index (χ1) is 10.3. The second-order valence-corrected chi connectivity index (χ2v) is 6.05. The van der Waals surface area contributed by atoms with Crippen LogP contribution in [-0.2, 0) is 0 Å². The topological polar surface area (TPSA) is 51.8 Å². The molecule has 2 N–H and O–H groups in total. The number of pyridine rings is 2. The molecular weight excluding hydrogens is 393 g/mol. The Kier molecular flexibility index (Phi) is 4.27. The highest BCUT2D eigenvalue weighted by Gasteiger charge is 2.05. The van der Waals surface area contributed by atoms with E-state index < -0.39 is 0 Å². The van der Waals surface area contributed by atoms with Crippen LogP contribution >= 0.6 is 30.1 Å². The highest BCUT2D eigenvalue weighted by Crippen LogP contribution is 2.25. The lowest BCUT2D eigenvalue weighted by Gasteiger charge is -2.06. The Morgan fingerprint density at radius 3 is 2.71 bits per heavy atom. The average molecular weight is 403 g/mol. The van der Waals surface area contributed by atoms with E-state index in [-0.39, 0.29) is 0 Å². The minimum atomic E-state index is 0.688. The van der Waals surface area contributed by atoms with Crippen molar-refractivity contribution in [3.8, 4) is 22.4 Å². The predicted molar refractivity (Wildman–Crippen MR) is 97.9 cm³/mol. The number of halogens is 1. The highest BCUT2D eigenvalue weighted by molar-refractivity contribution is 14.2. The summed E-state index contributed by atoms with van der Waals surface area (Å²) in [7, 11) is 1.47. The smallest absolute Gasteiger partial charge is 0.0761 e. The van der Waals surface area contributed by atoms with Crippen molar-refractivity contribution in [2.24, 2.45) is 0 Å². The Labute approximate surface area is 139 Å². The molecule has 0 fully saturated rings. The molecule has 3 nitrogen and oxygen atoms in total. The lowest BCUT2D eigenvalue weighted by molar-refractivity contribution is 1.32. The molecule has 0 saturated heterocycles. The van der Waals surface area contributed by atoms with E-state index in [1.165, 1.54) is 8.93 Å². The fourth-order valence-electron chi connectivity index (χ4n) is 2.04. The number of nitrogens with zero attached hydrogens (tertiary/aromatic N) is 2. The molecule has 21 heavy (non-hydrogen) atoms. The zero-order valence-corrected chi connectivity index (χ0v) is 13.9. The summed E-state index contributed by atoms with van der Waals surface area (Å²) in [6.45, 7) is 0. The standard InChI is InChI=1S/C16H10IN3S/c17-21-8-6-11-1-3-12(4-2-11)16-9-14(18)13-10-19-7-5-15(13)20-16/h1-5,7,9-10H,(H2,18,20). The first-order valence-electron chi connectivity index (χ1n) is 6.17. The summed E-state index contributed by atoms with van der Waals surface area (Å²) in [4.78, 5) is 8.72. The molecule has 0 atom stereocenters. The number of nitrogen functional groups attached to an aromatic ring is 1. The lowest BCUT2D eigenvalue weighted by Crippen LogP contribution is -1.93. The minimum Gasteiger partial charge on any atom is -0.398 e. The molecule has 0 saturated carbocycles. The van der Waals surface area contributed by atoms with Crippen molar-refractivity contribution in [2.75, 3.05) is 5.73 Å². The van der Waals surface area contributed by atoms with E-state index in [4.69, 9.17) is 5.73 Å². The van der Waals surface area contributed by atoms with Crippen molar-refractivity contribution in [2.45, 2.75) is 0 Å². The van der Waals surface area contributed by atoms with Crippen molar-refractivity contribution in [1.29, 1.82) is 0 Å². The van der Waals surface area contributed by atoms with Gasteiger partial charge in [0.15, 0.2) is 0 Å². The molecule has 1 aromatic carbocycles. The van der Waals surface area contributed by atoms with Gasteiger partial charge in [0, 0.05) is 55.8 Å². The van der Waals surface area contributed by atoms with Crippen LogP contribution in [0.1, 0.15) is 5.56 Å². The summed E-state index contributed by atoms with van der Waals surface area (Å²) in [6, 6.07) is 11.7. The van der Waals surface area contributed by atoms with E-state index in [0.717, 1.165) is 27.7 Å². The molecule has 0 radical (unpaired) electrons. The molecule has 2 aromatic heterocycles. The Morgan fingerprint density at radius 1 is 1.14 bits per heavy atom. The van der Waals surface area contributed by atoms with Crippen LogP contribution in [0.5, 0.6) is 0 Å². The van der Waals surface area contributed by atoms with Gasteiger partial charge in [-0.2, -0.15) is 0 Å². The quantitative estimate of drug-likeness (QED) is 0.487. The Bertz CT molecular complexity index is 851. The summed E-state index contributed by atoms with van der Waals surface area (Å²) in [5.74, 6) is 3.07. The number of hydrogen-bond donors (Lipinski definition) is 1. The second-order valence-electron chi connectivity index (χ2n) is 4.37. The number of rotatable bonds is 1. The van der Waals surface area contributed by atoms with Gasteiger partial charge in [0.1, 0.15) is 0 Å². The molecule has 3 rings (SSSR count). The molecule has 2 heterocycles. The third kappa shape index (κ3) is 3.12. The zero-order valence-electron chi connectivity index (χ0n) is 10.9. The van der Waals surface area contributed by atoms with Crippen LogP contribution in [0.3, 0.4) is 0 Å². The first kappa shape index (κ1) is 14.2. The molecule has 0 unspecified atom stereocenters. The lowest BCUT2D eigenvalue weighted by atomic mass is 10.1. The molecule has 5 heteroatoms. The van der Waals surface area contributed by atoms with E-state index in [1.54, 1.807) is 12.4 Å². The SMILES string of the molecule is Nc1cc(-c2ccc(C#CSI)cc2)nc2ccncc12. The summed E-state index contributed by atoms with van der Waals surface area (Å²) in [6.07, 6.45) is 3.46. The van der Waals surface area contributed by atoms with Gasteiger partial charge in [-0.05, 0) is 38.5 Å². The maximum absolute atomic E-state index is 6.08. The van der Waals surface area contributed by atoms with Gasteiger partial charge in [-0.3, -0.25) is 4.98 Å². The normalized spacial score (nSPS) is 10.1. The maximum atomic E-state index is 6.08. The number of hydrogen-bond acceptors (Lipinski definition) is 4. The number of anilines is 1. The first-order valence-corrected chi connectivity index (χ1v) is 9.53. The van der Waals surface area contributed by atoms with E-state index >= 15 is 0 Å². The molecule has 0 aliphatic heterocycles. The van der Waals surface area contributed by atoms with Crippen molar-refractivity contribution in [1.82, 2.24) is 9.97 Å². The van der Waals surface area contributed by atoms with Crippen molar-refractivity contribution < 1.29 is 0 Å². The summed E-state index contributed by atoms with van der Waals surface area (Å²) in [5.41, 5.74) is 10.5. The Balaban J connectivity index is 2.04. The van der Waals surface area contributed by atoms with Gasteiger partial charge in [0.25, 0.3) is 0 Å². The highest BCUT2D eigenvalue weighted by atomic mass is 127. The van der Waals surface area contributed by atoms with Gasteiger partial charge in [0.2, 0.25) is 0 Å². The molecule has 0 aliphatic carbocycles.